The fourth-order valence-corrected chi connectivity index (χ4v) is 5.06. The van der Waals surface area contributed by atoms with E-state index in [2.05, 4.69) is 15.2 Å². The first kappa shape index (κ1) is 32.7. The number of aromatic nitrogens is 3. The standard InChI is InChI=1S/C27H30F4N6O4S/c1-14-21(23(35-34-22(14)27(29,30)31)41-19-11-12-20(28)33-16(19)3)25(39)37(26(4,5)6)17-9-8-10-18(13-17)42(40)36(7)24(38)15(2)32/h8-13,15H,32H2,1-7H3/t15-,42-/m1/s1. The zero-order chi connectivity index (χ0) is 31.7. The number of nitrogens with zero attached hydrogens (tertiary/aromatic N) is 5. The quantitative estimate of drug-likeness (QED) is 0.231. The van der Waals surface area contributed by atoms with Crippen molar-refractivity contribution in [3.05, 3.63) is 64.9 Å². The number of pyridine rings is 1. The highest BCUT2D eigenvalue weighted by molar-refractivity contribution is 7.89. The van der Waals surface area contributed by atoms with Gasteiger partial charge in [-0.2, -0.15) is 21.9 Å². The van der Waals surface area contributed by atoms with Crippen LogP contribution in [0.4, 0.5) is 23.2 Å². The van der Waals surface area contributed by atoms with Gasteiger partial charge in [-0.1, -0.05) is 6.07 Å². The molecule has 0 aliphatic rings. The van der Waals surface area contributed by atoms with Crippen molar-refractivity contribution in [2.45, 2.75) is 64.2 Å². The van der Waals surface area contributed by atoms with Gasteiger partial charge >= 0.3 is 6.18 Å². The maximum absolute atomic E-state index is 14.2. The molecule has 2 atom stereocenters. The summed E-state index contributed by atoms with van der Waals surface area (Å²) in [5.41, 5.74) is 2.30. The Balaban J connectivity index is 2.20. The van der Waals surface area contributed by atoms with Crippen molar-refractivity contribution in [1.82, 2.24) is 19.5 Å². The molecule has 3 aromatic rings. The molecule has 0 fully saturated rings. The van der Waals surface area contributed by atoms with Crippen molar-refractivity contribution in [2.24, 2.45) is 5.73 Å². The summed E-state index contributed by atoms with van der Waals surface area (Å²) in [6.07, 6.45) is -4.95. The van der Waals surface area contributed by atoms with Crippen LogP contribution in [0.3, 0.4) is 0 Å². The predicted molar refractivity (Wildman–Crippen MR) is 147 cm³/mol. The van der Waals surface area contributed by atoms with Gasteiger partial charge in [0.05, 0.1) is 18.8 Å². The van der Waals surface area contributed by atoms with Crippen molar-refractivity contribution in [1.29, 1.82) is 0 Å². The number of hydrogen-bond donors (Lipinski definition) is 1. The van der Waals surface area contributed by atoms with E-state index >= 15 is 0 Å². The van der Waals surface area contributed by atoms with E-state index in [1.165, 1.54) is 56.1 Å². The number of halogens is 4. The minimum Gasteiger partial charge on any atom is -0.588 e. The Hall–Kier alpha value is -3.82. The summed E-state index contributed by atoms with van der Waals surface area (Å²) in [7, 11) is 1.31. The summed E-state index contributed by atoms with van der Waals surface area (Å²) in [5, 5.41) is 6.85. The highest BCUT2D eigenvalue weighted by Gasteiger charge is 2.41. The van der Waals surface area contributed by atoms with Gasteiger partial charge in [-0.3, -0.25) is 9.59 Å². The SMILES string of the molecule is Cc1nc(F)ccc1Oc1nnc(C(F)(F)F)c(C)c1C(=O)N(c1cccc([S@@+]([O-])N(C)C(=O)[C@@H](C)N)c1)C(C)(C)C. The molecule has 2 heterocycles. The van der Waals surface area contributed by atoms with Crippen LogP contribution in [-0.4, -0.2) is 54.5 Å². The lowest BCUT2D eigenvalue weighted by Gasteiger charge is -2.36. The van der Waals surface area contributed by atoms with Crippen molar-refractivity contribution in [2.75, 3.05) is 11.9 Å². The highest BCUT2D eigenvalue weighted by atomic mass is 32.2. The minimum atomic E-state index is -4.95. The molecule has 0 saturated carbocycles. The van der Waals surface area contributed by atoms with E-state index < -0.39 is 69.6 Å². The number of rotatable bonds is 7. The molecule has 226 valence electrons. The zero-order valence-corrected chi connectivity index (χ0v) is 24.7. The minimum absolute atomic E-state index is 0.0551. The summed E-state index contributed by atoms with van der Waals surface area (Å²) in [4.78, 5) is 31.5. The van der Waals surface area contributed by atoms with Crippen LogP contribution in [0.1, 0.15) is 55.0 Å². The predicted octanol–water partition coefficient (Wildman–Crippen LogP) is 4.71. The molecular weight excluding hydrogens is 580 g/mol. The average molecular weight is 611 g/mol. The van der Waals surface area contributed by atoms with Gasteiger partial charge in [0.25, 0.3) is 17.7 Å². The van der Waals surface area contributed by atoms with Crippen LogP contribution in [0.5, 0.6) is 11.6 Å². The molecule has 42 heavy (non-hydrogen) atoms. The normalized spacial score (nSPS) is 13.4. The van der Waals surface area contributed by atoms with Gasteiger partial charge in [-0.05, 0) is 65.8 Å². The van der Waals surface area contributed by atoms with E-state index in [-0.39, 0.29) is 22.0 Å². The molecule has 0 saturated heterocycles. The van der Waals surface area contributed by atoms with Crippen LogP contribution in [0.2, 0.25) is 0 Å². The monoisotopic (exact) mass is 610 g/mol. The first-order chi connectivity index (χ1) is 19.3. The van der Waals surface area contributed by atoms with E-state index in [0.717, 1.165) is 17.3 Å². The van der Waals surface area contributed by atoms with Gasteiger partial charge in [0, 0.05) is 22.9 Å². The molecule has 2 amide bonds. The second kappa shape index (κ2) is 12.2. The zero-order valence-electron chi connectivity index (χ0n) is 23.9. The second-order valence-electron chi connectivity index (χ2n) is 10.4. The van der Waals surface area contributed by atoms with Crippen molar-refractivity contribution in [3.8, 4) is 11.6 Å². The van der Waals surface area contributed by atoms with Gasteiger partial charge in [-0.25, -0.2) is 4.98 Å². The molecule has 2 aromatic heterocycles. The second-order valence-corrected chi connectivity index (χ2v) is 11.9. The number of carbonyl (C=O) groups excluding carboxylic acids is 2. The largest absolute Gasteiger partial charge is 0.588 e. The van der Waals surface area contributed by atoms with Crippen LogP contribution in [0.25, 0.3) is 0 Å². The maximum atomic E-state index is 14.2. The van der Waals surface area contributed by atoms with E-state index in [9.17, 15) is 31.7 Å². The summed E-state index contributed by atoms with van der Waals surface area (Å²) in [6.45, 7) is 8.84. The summed E-state index contributed by atoms with van der Waals surface area (Å²) in [5.74, 6) is -2.95. The van der Waals surface area contributed by atoms with Gasteiger partial charge in [0.15, 0.2) is 16.3 Å². The number of benzene rings is 1. The number of aryl methyl sites for hydroxylation is 1. The molecular formula is C27H30F4N6O4S. The van der Waals surface area contributed by atoms with Gasteiger partial charge in [-0.15, -0.1) is 10.2 Å². The molecule has 0 aliphatic heterocycles. The van der Waals surface area contributed by atoms with Crippen molar-refractivity contribution >= 4 is 28.9 Å². The van der Waals surface area contributed by atoms with Crippen LogP contribution in [0.15, 0.2) is 41.3 Å². The summed E-state index contributed by atoms with van der Waals surface area (Å²) < 4.78 is 74.9. The number of ether oxygens (including phenoxy) is 1. The lowest BCUT2D eigenvalue weighted by Crippen LogP contribution is -2.47. The molecule has 3 rings (SSSR count). The third-order valence-corrected chi connectivity index (χ3v) is 7.31. The number of alkyl halides is 3. The summed E-state index contributed by atoms with van der Waals surface area (Å²) in [6, 6.07) is 7.10. The van der Waals surface area contributed by atoms with E-state index in [1.54, 1.807) is 20.8 Å². The molecule has 15 heteroatoms. The van der Waals surface area contributed by atoms with E-state index in [4.69, 9.17) is 10.5 Å². The van der Waals surface area contributed by atoms with Gasteiger partial charge < -0.3 is 19.9 Å². The maximum Gasteiger partial charge on any atom is 0.435 e. The smallest absolute Gasteiger partial charge is 0.435 e. The number of amides is 2. The van der Waals surface area contributed by atoms with Crippen molar-refractivity contribution in [3.63, 3.8) is 0 Å². The van der Waals surface area contributed by atoms with Gasteiger partial charge in [0.1, 0.15) is 16.9 Å². The fraction of sp³-hybridized carbons (Fsp3) is 0.370. The lowest BCUT2D eigenvalue weighted by atomic mass is 10.00. The first-order valence-corrected chi connectivity index (χ1v) is 13.6. The fourth-order valence-electron chi connectivity index (χ4n) is 4.00. The Morgan fingerprint density at radius 3 is 2.29 bits per heavy atom. The molecule has 1 aromatic carbocycles. The number of likely N-dealkylation sites (N-methyl/N-ethyl adjacent to an activating group) is 1. The Morgan fingerprint density at radius 1 is 1.10 bits per heavy atom. The van der Waals surface area contributed by atoms with E-state index in [0.29, 0.717) is 0 Å². The third-order valence-electron chi connectivity index (χ3n) is 5.98. The van der Waals surface area contributed by atoms with Crippen LogP contribution < -0.4 is 15.4 Å². The molecule has 0 radical (unpaired) electrons. The van der Waals surface area contributed by atoms with Gasteiger partial charge in [0.2, 0.25) is 5.95 Å². The number of hydrogen-bond acceptors (Lipinski definition) is 8. The molecule has 10 nitrogen and oxygen atoms in total. The molecule has 2 N–H and O–H groups in total. The van der Waals surface area contributed by atoms with Crippen LogP contribution >= 0.6 is 0 Å². The van der Waals surface area contributed by atoms with E-state index in [1.807, 2.05) is 0 Å². The molecule has 0 spiro atoms. The Labute approximate surface area is 243 Å². The van der Waals surface area contributed by atoms with Crippen LogP contribution in [-0.2, 0) is 22.3 Å². The summed E-state index contributed by atoms with van der Waals surface area (Å²) >= 11 is -2.01. The first-order valence-electron chi connectivity index (χ1n) is 12.5. The third kappa shape index (κ3) is 6.97. The number of carbonyl (C=O) groups is 2. The Kier molecular flexibility index (Phi) is 9.49. The number of nitrogens with two attached hydrogens (primary N) is 1. The van der Waals surface area contributed by atoms with Crippen molar-refractivity contribution < 1.29 is 36.4 Å². The lowest BCUT2D eigenvalue weighted by molar-refractivity contribution is -0.142. The number of anilines is 1. The molecule has 0 bridgehead atoms. The topological polar surface area (TPSA) is 138 Å². The Bertz CT molecular complexity index is 1500. The highest BCUT2D eigenvalue weighted by Crippen LogP contribution is 2.38. The molecule has 0 aliphatic carbocycles. The van der Waals surface area contributed by atoms with Crippen LogP contribution in [0, 0.1) is 19.8 Å². The average Bonchev–Trinajstić information content (AvgIpc) is 2.87. The molecule has 0 unspecified atom stereocenters. The Morgan fingerprint density at radius 2 is 1.74 bits per heavy atom.